The summed E-state index contributed by atoms with van der Waals surface area (Å²) >= 11 is 0. The van der Waals surface area contributed by atoms with Crippen LogP contribution in [0.5, 0.6) is 0 Å². The Kier molecular flexibility index (Phi) is 8.25. The molecule has 0 radical (unpaired) electrons. The van der Waals surface area contributed by atoms with Gasteiger partial charge in [-0.3, -0.25) is 0 Å². The summed E-state index contributed by atoms with van der Waals surface area (Å²) < 4.78 is 13.8. The molecule has 0 bridgehead atoms. The number of anilines is 1. The van der Waals surface area contributed by atoms with Gasteiger partial charge in [0.25, 0.3) is 0 Å². The molecular formula is C22H30FN. The van der Waals surface area contributed by atoms with Crippen LogP contribution in [0.25, 0.3) is 0 Å². The van der Waals surface area contributed by atoms with Crippen LogP contribution < -0.4 is 5.32 Å². The van der Waals surface area contributed by atoms with Crippen molar-refractivity contribution in [2.75, 3.05) is 12.4 Å². The maximum atomic E-state index is 13.8. The van der Waals surface area contributed by atoms with Crippen LogP contribution in [0.1, 0.15) is 45.6 Å². The molecule has 0 amide bonds. The minimum Gasteiger partial charge on any atom is -0.386 e. The third kappa shape index (κ3) is 6.19. The van der Waals surface area contributed by atoms with Crippen molar-refractivity contribution in [2.24, 2.45) is 0 Å². The second-order valence-electron chi connectivity index (χ2n) is 6.32. The van der Waals surface area contributed by atoms with Crippen LogP contribution in [0.4, 0.5) is 10.1 Å². The van der Waals surface area contributed by atoms with Gasteiger partial charge in [-0.05, 0) is 62.0 Å². The Morgan fingerprint density at radius 2 is 2.00 bits per heavy atom. The molecule has 0 fully saturated rings. The van der Waals surface area contributed by atoms with Crippen molar-refractivity contribution in [3.05, 3.63) is 77.2 Å². The fourth-order valence-electron chi connectivity index (χ4n) is 2.75. The number of rotatable bonds is 9. The summed E-state index contributed by atoms with van der Waals surface area (Å²) in [5.74, 6) is -0.218. The average molecular weight is 327 g/mol. The minimum absolute atomic E-state index is 0.218. The van der Waals surface area contributed by atoms with Gasteiger partial charge in [-0.2, -0.15) is 0 Å². The zero-order chi connectivity index (χ0) is 18.1. The third-order valence-electron chi connectivity index (χ3n) is 4.04. The van der Waals surface area contributed by atoms with Crippen LogP contribution in [-0.4, -0.2) is 7.05 Å². The van der Waals surface area contributed by atoms with Crippen molar-refractivity contribution >= 4 is 5.69 Å². The highest BCUT2D eigenvalue weighted by molar-refractivity contribution is 5.46. The first-order valence-corrected chi connectivity index (χ1v) is 8.53. The Labute approximate surface area is 146 Å². The molecule has 0 aliphatic heterocycles. The van der Waals surface area contributed by atoms with E-state index in [0.717, 1.165) is 30.4 Å². The van der Waals surface area contributed by atoms with Crippen molar-refractivity contribution in [1.29, 1.82) is 0 Å². The molecule has 1 nitrogen and oxygen atoms in total. The van der Waals surface area contributed by atoms with Gasteiger partial charge >= 0.3 is 0 Å². The number of hydrogen-bond acceptors (Lipinski definition) is 1. The maximum absolute atomic E-state index is 13.8. The van der Waals surface area contributed by atoms with Gasteiger partial charge in [0.2, 0.25) is 0 Å². The molecule has 1 aromatic rings. The highest BCUT2D eigenvalue weighted by Crippen LogP contribution is 2.22. The van der Waals surface area contributed by atoms with Gasteiger partial charge in [0, 0.05) is 7.05 Å². The number of benzene rings is 1. The number of halogens is 1. The Morgan fingerprint density at radius 3 is 2.54 bits per heavy atom. The highest BCUT2D eigenvalue weighted by Gasteiger charge is 2.05. The van der Waals surface area contributed by atoms with Crippen molar-refractivity contribution < 1.29 is 4.39 Å². The lowest BCUT2D eigenvalue weighted by Crippen LogP contribution is -1.96. The predicted octanol–water partition coefficient (Wildman–Crippen LogP) is 6.61. The van der Waals surface area contributed by atoms with E-state index < -0.39 is 0 Å². The molecular weight excluding hydrogens is 297 g/mol. The van der Waals surface area contributed by atoms with E-state index in [2.05, 4.69) is 45.3 Å². The predicted molar refractivity (Wildman–Crippen MR) is 105 cm³/mol. The van der Waals surface area contributed by atoms with Gasteiger partial charge in [0.15, 0.2) is 0 Å². The van der Waals surface area contributed by atoms with Crippen molar-refractivity contribution in [3.63, 3.8) is 0 Å². The Hall–Kier alpha value is -2.09. The van der Waals surface area contributed by atoms with Crippen molar-refractivity contribution in [3.8, 4) is 0 Å². The van der Waals surface area contributed by atoms with E-state index in [4.69, 9.17) is 0 Å². The summed E-state index contributed by atoms with van der Waals surface area (Å²) in [7, 11) is 1.72. The summed E-state index contributed by atoms with van der Waals surface area (Å²) in [6.45, 7) is 14.4. The zero-order valence-electron chi connectivity index (χ0n) is 15.5. The van der Waals surface area contributed by atoms with E-state index in [1.54, 1.807) is 19.2 Å². The molecule has 130 valence electrons. The van der Waals surface area contributed by atoms with E-state index in [1.165, 1.54) is 16.7 Å². The quantitative estimate of drug-likeness (QED) is 0.398. The van der Waals surface area contributed by atoms with E-state index in [-0.39, 0.29) is 5.82 Å². The van der Waals surface area contributed by atoms with Gasteiger partial charge in [-0.25, -0.2) is 4.39 Å². The fraction of sp³-hybridized carbons (Fsp3) is 0.364. The first-order valence-electron chi connectivity index (χ1n) is 8.53. The van der Waals surface area contributed by atoms with Gasteiger partial charge in [-0.15, -0.1) is 0 Å². The van der Waals surface area contributed by atoms with E-state index in [1.807, 2.05) is 12.1 Å². The van der Waals surface area contributed by atoms with Gasteiger partial charge in [-0.1, -0.05) is 55.9 Å². The first kappa shape index (κ1) is 20.0. The van der Waals surface area contributed by atoms with Crippen LogP contribution in [0.2, 0.25) is 0 Å². The molecule has 1 N–H and O–H groups in total. The first-order chi connectivity index (χ1) is 11.4. The molecule has 1 rings (SSSR count). The van der Waals surface area contributed by atoms with Gasteiger partial charge < -0.3 is 5.32 Å². The van der Waals surface area contributed by atoms with E-state index in [0.29, 0.717) is 12.1 Å². The van der Waals surface area contributed by atoms with Crippen LogP contribution >= 0.6 is 0 Å². The summed E-state index contributed by atoms with van der Waals surface area (Å²) in [6.07, 6.45) is 7.85. The smallest absolute Gasteiger partial charge is 0.146 e. The molecule has 0 unspecified atom stereocenters. The molecule has 0 saturated heterocycles. The molecule has 1 aromatic carbocycles. The second-order valence-corrected chi connectivity index (χ2v) is 6.32. The van der Waals surface area contributed by atoms with Crippen LogP contribution in [0.3, 0.4) is 0 Å². The van der Waals surface area contributed by atoms with Crippen molar-refractivity contribution in [2.45, 2.75) is 46.5 Å². The number of nitrogens with one attached hydrogen (secondary N) is 1. The molecule has 0 atom stereocenters. The number of hydrogen-bond donors (Lipinski definition) is 1. The van der Waals surface area contributed by atoms with Crippen LogP contribution in [-0.2, 0) is 6.42 Å². The lowest BCUT2D eigenvalue weighted by molar-refractivity contribution is 0.629. The molecule has 0 saturated carbocycles. The van der Waals surface area contributed by atoms with Gasteiger partial charge in [0.1, 0.15) is 5.82 Å². The maximum Gasteiger partial charge on any atom is 0.146 e. The zero-order valence-corrected chi connectivity index (χ0v) is 15.5. The molecule has 24 heavy (non-hydrogen) atoms. The third-order valence-corrected chi connectivity index (χ3v) is 4.04. The topological polar surface area (TPSA) is 12.0 Å². The number of allylic oxidation sites excluding steroid dienone is 6. The lowest BCUT2D eigenvalue weighted by atomic mass is 9.96. The Morgan fingerprint density at radius 1 is 1.29 bits per heavy atom. The second kappa shape index (κ2) is 9.92. The molecule has 0 heterocycles. The van der Waals surface area contributed by atoms with Gasteiger partial charge in [0.05, 0.1) is 5.69 Å². The SMILES string of the molecule is C=C/C(C)=C(/C=C(/C)CC(=C)Cc1ccc(NC)c(F)c1)CCC. The largest absolute Gasteiger partial charge is 0.386 e. The molecule has 0 spiro atoms. The van der Waals surface area contributed by atoms with Crippen LogP contribution in [0, 0.1) is 5.82 Å². The van der Waals surface area contributed by atoms with Crippen molar-refractivity contribution in [1.82, 2.24) is 0 Å². The minimum atomic E-state index is -0.218. The summed E-state index contributed by atoms with van der Waals surface area (Å²) in [4.78, 5) is 0. The lowest BCUT2D eigenvalue weighted by Gasteiger charge is -2.10. The van der Waals surface area contributed by atoms with E-state index in [9.17, 15) is 4.39 Å². The molecule has 2 heteroatoms. The molecule has 0 aromatic heterocycles. The normalized spacial score (nSPS) is 12.6. The van der Waals surface area contributed by atoms with Crippen LogP contribution in [0.15, 0.2) is 65.8 Å². The average Bonchev–Trinajstić information content (AvgIpc) is 2.53. The summed E-state index contributed by atoms with van der Waals surface area (Å²) in [5, 5.41) is 2.84. The Balaban J connectivity index is 2.78. The highest BCUT2D eigenvalue weighted by atomic mass is 19.1. The Bertz CT molecular complexity index is 650. The standard InChI is InChI=1S/C22H30FN/c1-7-9-20(18(5)8-2)14-17(4)12-16(3)13-19-10-11-22(24-6)21(23)15-19/h8,10-11,14-15,24H,2-3,7,9,12-13H2,1,4-6H3/b17-14-,20-18+. The monoisotopic (exact) mass is 327 g/mol. The molecule has 0 aliphatic carbocycles. The summed E-state index contributed by atoms with van der Waals surface area (Å²) in [5.41, 5.74) is 6.41. The molecule has 0 aliphatic rings. The van der Waals surface area contributed by atoms with E-state index >= 15 is 0 Å². The summed E-state index contributed by atoms with van der Waals surface area (Å²) in [6, 6.07) is 5.31. The fourth-order valence-corrected chi connectivity index (χ4v) is 2.75.